The fourth-order valence-electron chi connectivity index (χ4n) is 4.38. The molecule has 0 amide bonds. The molecular weight excluding hydrogens is 509 g/mol. The fourth-order valence-corrected chi connectivity index (χ4v) is 19.0. The first-order valence-corrected chi connectivity index (χ1v) is 20.8. The molecule has 4 heteroatoms. The molecule has 0 heterocycles. The molecule has 0 aliphatic heterocycles. The van der Waals surface area contributed by atoms with E-state index in [1.807, 2.05) is 0 Å². The first-order chi connectivity index (χ1) is 15.5. The number of hydrogen-bond acceptors (Lipinski definition) is 1. The molecule has 0 radical (unpaired) electrons. The fraction of sp³-hybridized carbons (Fsp3) is 0.714. The van der Waals surface area contributed by atoms with Crippen molar-refractivity contribution in [1.29, 1.82) is 0 Å². The normalized spacial score (nSPS) is 12.7. The van der Waals surface area contributed by atoms with E-state index in [1.54, 1.807) is 24.3 Å². The Hall–Kier alpha value is -0.581. The zero-order chi connectivity index (χ0) is 23.7. The van der Waals surface area contributed by atoms with E-state index < -0.39 is 24.2 Å². The van der Waals surface area contributed by atoms with Crippen molar-refractivity contribution in [2.75, 3.05) is 6.61 Å². The minimum absolute atomic E-state index is 0.324. The van der Waals surface area contributed by atoms with E-state index in [0.29, 0.717) is 12.2 Å². The van der Waals surface area contributed by atoms with Crippen LogP contribution in [-0.2, 0) is 0 Å². The molecule has 1 rings (SSSR count). The summed E-state index contributed by atoms with van der Waals surface area (Å²) in [4.78, 5) is 0. The zero-order valence-corrected chi connectivity index (χ0v) is 24.1. The Morgan fingerprint density at radius 3 is 1.62 bits per heavy atom. The third kappa shape index (κ3) is 10.6. The molecule has 0 spiro atoms. The van der Waals surface area contributed by atoms with Crippen molar-refractivity contribution in [1.82, 2.24) is 0 Å². The van der Waals surface area contributed by atoms with Crippen molar-refractivity contribution in [3.63, 3.8) is 0 Å². The molecule has 1 aromatic carbocycles. The second kappa shape index (κ2) is 17.8. The molecule has 0 saturated heterocycles. The third-order valence-corrected chi connectivity index (χ3v) is 21.1. The third-order valence-electron chi connectivity index (χ3n) is 6.56. The Kier molecular flexibility index (Phi) is 16.4. The maximum absolute atomic E-state index is 15.8. The summed E-state index contributed by atoms with van der Waals surface area (Å²) in [6.45, 7) is 9.36. The van der Waals surface area contributed by atoms with Gasteiger partial charge in [0.1, 0.15) is 0 Å². The van der Waals surface area contributed by atoms with Crippen LogP contribution in [0, 0.1) is 0 Å². The standard InChI is InChI=1S/C16H21F2O.3C4H9.Sn/c1-2-3-4-5-6-7-12-19-15-10-8-14(9-11-15)16(18)13-17;3*1-3-4-2;/h8-11H,2-7,12H2,1H3;3*1,3-4H2,2H3;. The summed E-state index contributed by atoms with van der Waals surface area (Å²) in [5, 5.41) is 0. The van der Waals surface area contributed by atoms with Gasteiger partial charge in [-0.2, -0.15) is 0 Å². The Labute approximate surface area is 201 Å². The number of unbranched alkanes of at least 4 members (excludes halogenated alkanes) is 8. The van der Waals surface area contributed by atoms with Gasteiger partial charge >= 0.3 is 182 Å². The van der Waals surface area contributed by atoms with Crippen LogP contribution < -0.4 is 4.74 Å². The monoisotopic (exact) mass is 558 g/mol. The molecule has 0 fully saturated rings. The second-order valence-corrected chi connectivity index (χ2v) is 22.2. The quantitative estimate of drug-likeness (QED) is 0.122. The van der Waals surface area contributed by atoms with Crippen molar-refractivity contribution in [2.24, 2.45) is 0 Å². The van der Waals surface area contributed by atoms with Crippen LogP contribution in [0.3, 0.4) is 0 Å². The van der Waals surface area contributed by atoms with Crippen molar-refractivity contribution < 1.29 is 13.5 Å². The van der Waals surface area contributed by atoms with Gasteiger partial charge in [0.05, 0.1) is 0 Å². The van der Waals surface area contributed by atoms with Gasteiger partial charge in [0.2, 0.25) is 0 Å². The van der Waals surface area contributed by atoms with Crippen LogP contribution in [0.4, 0.5) is 8.78 Å². The van der Waals surface area contributed by atoms with Gasteiger partial charge in [0, 0.05) is 0 Å². The molecule has 0 atom stereocenters. The number of ether oxygens (including phenoxy) is 1. The molecule has 0 saturated carbocycles. The number of rotatable bonds is 19. The minimum atomic E-state index is -3.37. The maximum atomic E-state index is 15.8. The molecule has 184 valence electrons. The van der Waals surface area contributed by atoms with Gasteiger partial charge in [-0.15, -0.1) is 0 Å². The van der Waals surface area contributed by atoms with Crippen LogP contribution in [0.2, 0.25) is 13.3 Å². The molecule has 32 heavy (non-hydrogen) atoms. The van der Waals surface area contributed by atoms with E-state index in [0.717, 1.165) is 64.0 Å². The summed E-state index contributed by atoms with van der Waals surface area (Å²) >= 11 is -3.37. The van der Waals surface area contributed by atoms with E-state index in [9.17, 15) is 0 Å². The average molecular weight is 557 g/mol. The van der Waals surface area contributed by atoms with Crippen LogP contribution in [-0.4, -0.2) is 25.0 Å². The first-order valence-electron chi connectivity index (χ1n) is 13.3. The predicted octanol–water partition coefficient (Wildman–Crippen LogP) is 10.4. The van der Waals surface area contributed by atoms with Gasteiger partial charge in [-0.05, 0) is 0 Å². The first kappa shape index (κ1) is 29.5. The summed E-state index contributed by atoms with van der Waals surface area (Å²) in [6, 6.07) is 6.98. The molecule has 1 aromatic rings. The molecule has 0 aliphatic carbocycles. The van der Waals surface area contributed by atoms with Gasteiger partial charge in [0.15, 0.2) is 0 Å². The van der Waals surface area contributed by atoms with Gasteiger partial charge in [-0.3, -0.25) is 0 Å². The summed E-state index contributed by atoms with van der Waals surface area (Å²) in [5.41, 5.74) is 0.375. The van der Waals surface area contributed by atoms with E-state index in [-0.39, 0.29) is 3.84 Å². The Bertz CT molecular complexity index is 605. The van der Waals surface area contributed by atoms with E-state index >= 15 is 8.78 Å². The topological polar surface area (TPSA) is 9.23 Å². The Balaban J connectivity index is 2.86. The molecule has 1 nitrogen and oxygen atoms in total. The second-order valence-electron chi connectivity index (χ2n) is 9.36. The van der Waals surface area contributed by atoms with Gasteiger partial charge in [-0.1, -0.05) is 19.8 Å². The van der Waals surface area contributed by atoms with Crippen molar-refractivity contribution in [3.05, 3.63) is 33.7 Å². The summed E-state index contributed by atoms with van der Waals surface area (Å²) in [7, 11) is 0. The predicted molar refractivity (Wildman–Crippen MR) is 139 cm³/mol. The van der Waals surface area contributed by atoms with Gasteiger partial charge in [0.25, 0.3) is 0 Å². The SMILES string of the molecule is CCCCCCCCOc1ccc(/C(F)=[C](/F)[Sn]([CH2]CCC)([CH2]CCC)[CH2]CCC)cc1. The van der Waals surface area contributed by atoms with E-state index in [1.165, 1.54) is 32.1 Å². The molecule has 0 unspecified atom stereocenters. The summed E-state index contributed by atoms with van der Waals surface area (Å²) < 4.78 is 39.5. The zero-order valence-electron chi connectivity index (χ0n) is 21.3. The van der Waals surface area contributed by atoms with Crippen molar-refractivity contribution >= 4 is 24.2 Å². The van der Waals surface area contributed by atoms with Crippen LogP contribution in [0.1, 0.15) is 110 Å². The van der Waals surface area contributed by atoms with E-state index in [4.69, 9.17) is 4.74 Å². The van der Waals surface area contributed by atoms with E-state index in [2.05, 4.69) is 27.7 Å². The number of halogens is 2. The van der Waals surface area contributed by atoms with Crippen molar-refractivity contribution in [3.8, 4) is 5.75 Å². The molecular formula is C28H48F2OSn. The average Bonchev–Trinajstić information content (AvgIpc) is 2.83. The van der Waals surface area contributed by atoms with Crippen molar-refractivity contribution in [2.45, 2.75) is 118 Å². The molecule has 0 bridgehead atoms. The molecule has 0 aliphatic rings. The number of hydrogen-bond donors (Lipinski definition) is 0. The summed E-state index contributed by atoms with van der Waals surface area (Å²) in [5.74, 6) is 0.153. The van der Waals surface area contributed by atoms with Crippen LogP contribution in [0.25, 0.3) is 5.83 Å². The van der Waals surface area contributed by atoms with Crippen LogP contribution >= 0.6 is 0 Å². The van der Waals surface area contributed by atoms with Gasteiger partial charge in [-0.25, -0.2) is 0 Å². The molecule has 0 N–H and O–H groups in total. The van der Waals surface area contributed by atoms with Crippen LogP contribution in [0.15, 0.2) is 28.1 Å². The molecule has 0 aromatic heterocycles. The summed E-state index contributed by atoms with van der Waals surface area (Å²) in [6.07, 6.45) is 13.6. The Morgan fingerprint density at radius 2 is 1.12 bits per heavy atom. The number of benzene rings is 1. The van der Waals surface area contributed by atoms with Crippen LogP contribution in [0.5, 0.6) is 5.75 Å². The Morgan fingerprint density at radius 1 is 0.656 bits per heavy atom. The van der Waals surface area contributed by atoms with Gasteiger partial charge < -0.3 is 0 Å².